The zero-order valence-corrected chi connectivity index (χ0v) is 12.6. The van der Waals surface area contributed by atoms with Gasteiger partial charge in [-0.15, -0.1) is 0 Å². The summed E-state index contributed by atoms with van der Waals surface area (Å²) in [5.74, 6) is -0.947. The molecule has 1 aliphatic heterocycles. The van der Waals surface area contributed by atoms with Gasteiger partial charge in [-0.2, -0.15) is 5.10 Å². The highest BCUT2D eigenvalue weighted by Crippen LogP contribution is 2.32. The predicted octanol–water partition coefficient (Wildman–Crippen LogP) is 2.22. The van der Waals surface area contributed by atoms with Crippen LogP contribution in [-0.4, -0.2) is 21.5 Å². The van der Waals surface area contributed by atoms with Crippen LogP contribution >= 0.6 is 15.9 Å². The lowest BCUT2D eigenvalue weighted by atomic mass is 10.1. The second-order valence-corrected chi connectivity index (χ2v) is 5.70. The lowest BCUT2D eigenvalue weighted by Gasteiger charge is -2.16. The molecular formula is C14H12BrN3O2. The van der Waals surface area contributed by atoms with E-state index in [4.69, 9.17) is 0 Å². The minimum absolute atomic E-state index is 0.344. The summed E-state index contributed by atoms with van der Waals surface area (Å²) < 4.78 is 2.51. The molecule has 102 valence electrons. The van der Waals surface area contributed by atoms with Crippen LogP contribution in [0.15, 0.2) is 28.7 Å². The second-order valence-electron chi connectivity index (χ2n) is 4.78. The van der Waals surface area contributed by atoms with Crippen LogP contribution in [0.25, 0.3) is 0 Å². The van der Waals surface area contributed by atoms with Crippen LogP contribution in [0, 0.1) is 6.92 Å². The molecule has 2 heterocycles. The van der Waals surface area contributed by atoms with E-state index in [1.54, 1.807) is 16.8 Å². The highest BCUT2D eigenvalue weighted by atomic mass is 79.9. The standard InChI is InChI=1S/C14H12BrN3O2/c1-8-5-10(17(2)16-8)7-18-12-4-3-9(15)6-11(12)13(19)14(18)20/h3-6H,7H2,1-2H3. The maximum Gasteiger partial charge on any atom is 0.299 e. The van der Waals surface area contributed by atoms with E-state index in [-0.39, 0.29) is 0 Å². The third-order valence-corrected chi connectivity index (χ3v) is 3.85. The van der Waals surface area contributed by atoms with Gasteiger partial charge in [-0.1, -0.05) is 15.9 Å². The minimum Gasteiger partial charge on any atom is -0.299 e. The molecule has 1 aromatic heterocycles. The van der Waals surface area contributed by atoms with Crippen LogP contribution < -0.4 is 4.90 Å². The number of benzene rings is 1. The largest absolute Gasteiger partial charge is 0.299 e. The van der Waals surface area contributed by atoms with Crippen LogP contribution in [0.2, 0.25) is 0 Å². The van der Waals surface area contributed by atoms with Crippen molar-refractivity contribution in [3.63, 3.8) is 0 Å². The first-order valence-electron chi connectivity index (χ1n) is 6.12. The van der Waals surface area contributed by atoms with Gasteiger partial charge in [-0.3, -0.25) is 19.2 Å². The highest BCUT2D eigenvalue weighted by molar-refractivity contribution is 9.10. The summed E-state index contributed by atoms with van der Waals surface area (Å²) in [5, 5.41) is 4.25. The van der Waals surface area contributed by atoms with Gasteiger partial charge < -0.3 is 0 Å². The Morgan fingerprint density at radius 3 is 2.65 bits per heavy atom. The van der Waals surface area contributed by atoms with Crippen LogP contribution in [0.4, 0.5) is 5.69 Å². The van der Waals surface area contributed by atoms with Crippen molar-refractivity contribution in [2.24, 2.45) is 7.05 Å². The molecule has 0 fully saturated rings. The van der Waals surface area contributed by atoms with Crippen molar-refractivity contribution in [1.82, 2.24) is 9.78 Å². The molecule has 0 radical (unpaired) electrons. The Labute approximate surface area is 124 Å². The number of ketones is 1. The van der Waals surface area contributed by atoms with Gasteiger partial charge in [0, 0.05) is 11.5 Å². The van der Waals surface area contributed by atoms with Gasteiger partial charge in [0.25, 0.3) is 11.7 Å². The first kappa shape index (κ1) is 13.1. The van der Waals surface area contributed by atoms with Crippen LogP contribution in [0.1, 0.15) is 21.7 Å². The molecule has 0 unspecified atom stereocenters. The summed E-state index contributed by atoms with van der Waals surface area (Å²) in [6, 6.07) is 7.20. The van der Waals surface area contributed by atoms with Crippen LogP contribution in [0.5, 0.6) is 0 Å². The third-order valence-electron chi connectivity index (χ3n) is 3.35. The van der Waals surface area contributed by atoms with Crippen molar-refractivity contribution in [3.8, 4) is 0 Å². The van der Waals surface area contributed by atoms with E-state index in [2.05, 4.69) is 21.0 Å². The topological polar surface area (TPSA) is 55.2 Å². The van der Waals surface area contributed by atoms with Gasteiger partial charge in [0.1, 0.15) is 0 Å². The average molecular weight is 334 g/mol. The first-order chi connectivity index (χ1) is 9.47. The molecule has 0 N–H and O–H groups in total. The number of aryl methyl sites for hydroxylation is 2. The van der Waals surface area contributed by atoms with E-state index in [9.17, 15) is 9.59 Å². The smallest absolute Gasteiger partial charge is 0.299 e. The third kappa shape index (κ3) is 1.96. The Hall–Kier alpha value is -1.95. The number of rotatable bonds is 2. The van der Waals surface area contributed by atoms with Gasteiger partial charge in [0.15, 0.2) is 0 Å². The molecule has 1 aromatic carbocycles. The summed E-state index contributed by atoms with van der Waals surface area (Å²) in [7, 11) is 1.83. The van der Waals surface area contributed by atoms with E-state index >= 15 is 0 Å². The van der Waals surface area contributed by atoms with E-state index in [0.29, 0.717) is 17.8 Å². The monoisotopic (exact) mass is 333 g/mol. The maximum atomic E-state index is 12.1. The van der Waals surface area contributed by atoms with Crippen LogP contribution in [-0.2, 0) is 18.4 Å². The lowest BCUT2D eigenvalue weighted by Crippen LogP contribution is -2.30. The fourth-order valence-corrected chi connectivity index (χ4v) is 2.76. The number of hydrogen-bond donors (Lipinski definition) is 0. The SMILES string of the molecule is Cc1cc(CN2C(=O)C(=O)c3cc(Br)ccc32)n(C)n1. The van der Waals surface area contributed by atoms with Gasteiger partial charge >= 0.3 is 0 Å². The summed E-state index contributed by atoms with van der Waals surface area (Å²) in [5.41, 5.74) is 2.88. The number of Topliss-reactive ketones (excluding diaryl/α,β-unsaturated/α-hetero) is 1. The predicted molar refractivity (Wildman–Crippen MR) is 77.6 cm³/mol. The number of nitrogens with zero attached hydrogens (tertiary/aromatic N) is 3. The normalized spacial score (nSPS) is 14.1. The zero-order valence-electron chi connectivity index (χ0n) is 11.1. The van der Waals surface area contributed by atoms with Gasteiger partial charge in [-0.05, 0) is 31.2 Å². The lowest BCUT2D eigenvalue weighted by molar-refractivity contribution is -0.114. The van der Waals surface area contributed by atoms with Crippen molar-refractivity contribution in [3.05, 3.63) is 45.7 Å². The molecular weight excluding hydrogens is 322 g/mol. The Morgan fingerprint density at radius 1 is 1.25 bits per heavy atom. The van der Waals surface area contributed by atoms with E-state index in [1.165, 1.54) is 4.90 Å². The molecule has 0 bridgehead atoms. The molecule has 1 amide bonds. The Kier molecular flexibility index (Phi) is 2.97. The number of anilines is 1. The van der Waals surface area contributed by atoms with Gasteiger partial charge in [-0.25, -0.2) is 0 Å². The number of halogens is 1. The molecule has 2 aromatic rings. The van der Waals surface area contributed by atoms with Gasteiger partial charge in [0.2, 0.25) is 0 Å². The van der Waals surface area contributed by atoms with Crippen molar-refractivity contribution in [2.75, 3.05) is 4.90 Å². The average Bonchev–Trinajstić information content (AvgIpc) is 2.83. The number of hydrogen-bond acceptors (Lipinski definition) is 3. The maximum absolute atomic E-state index is 12.1. The highest BCUT2D eigenvalue weighted by Gasteiger charge is 2.36. The van der Waals surface area contributed by atoms with Crippen molar-refractivity contribution >= 4 is 33.3 Å². The van der Waals surface area contributed by atoms with Gasteiger partial charge in [0.05, 0.1) is 29.2 Å². The Bertz CT molecular complexity index is 736. The number of carbonyl (C=O) groups excluding carboxylic acids is 2. The Balaban J connectivity index is 2.01. The zero-order chi connectivity index (χ0) is 14.4. The molecule has 0 spiro atoms. The molecule has 0 aliphatic carbocycles. The summed E-state index contributed by atoms with van der Waals surface area (Å²) in [6.07, 6.45) is 0. The van der Waals surface area contributed by atoms with Crippen LogP contribution in [0.3, 0.4) is 0 Å². The van der Waals surface area contributed by atoms with Crippen molar-refractivity contribution in [2.45, 2.75) is 13.5 Å². The second kappa shape index (κ2) is 4.56. The summed E-state index contributed by atoms with van der Waals surface area (Å²) in [6.45, 7) is 2.24. The quantitative estimate of drug-likeness (QED) is 0.792. The fourth-order valence-electron chi connectivity index (χ4n) is 2.40. The first-order valence-corrected chi connectivity index (χ1v) is 6.92. The van der Waals surface area contributed by atoms with E-state index < -0.39 is 11.7 Å². The molecule has 6 heteroatoms. The fraction of sp³-hybridized carbons (Fsp3) is 0.214. The molecule has 0 atom stereocenters. The summed E-state index contributed by atoms with van der Waals surface area (Å²) >= 11 is 3.32. The Morgan fingerprint density at radius 2 is 2.00 bits per heavy atom. The van der Waals surface area contributed by atoms with Crippen molar-refractivity contribution in [1.29, 1.82) is 0 Å². The molecule has 3 rings (SSSR count). The van der Waals surface area contributed by atoms with Crippen molar-refractivity contribution < 1.29 is 9.59 Å². The van der Waals surface area contributed by atoms with E-state index in [1.807, 2.05) is 26.1 Å². The molecule has 5 nitrogen and oxygen atoms in total. The molecule has 1 aliphatic rings. The molecule has 0 saturated heterocycles. The number of amides is 1. The minimum atomic E-state index is -0.489. The number of carbonyl (C=O) groups is 2. The number of aromatic nitrogens is 2. The number of fused-ring (bicyclic) bond motifs is 1. The summed E-state index contributed by atoms with van der Waals surface area (Å²) in [4.78, 5) is 25.6. The van der Waals surface area contributed by atoms with E-state index in [0.717, 1.165) is 15.9 Å². The molecule has 20 heavy (non-hydrogen) atoms. The molecule has 0 saturated carbocycles.